The smallest absolute Gasteiger partial charge is 0.255 e. The van der Waals surface area contributed by atoms with E-state index in [9.17, 15) is 9.59 Å². The molecule has 1 saturated heterocycles. The van der Waals surface area contributed by atoms with Crippen molar-refractivity contribution in [1.29, 1.82) is 0 Å². The van der Waals surface area contributed by atoms with Gasteiger partial charge in [0.25, 0.3) is 11.8 Å². The number of hydrogen-bond donors (Lipinski definition) is 0. The van der Waals surface area contributed by atoms with Crippen LogP contribution in [0.5, 0.6) is 0 Å². The number of hydrogen-bond acceptors (Lipinski definition) is 3. The largest absolute Gasteiger partial charge is 0.338 e. The molecule has 0 radical (unpaired) electrons. The van der Waals surface area contributed by atoms with Crippen LogP contribution < -0.4 is 0 Å². The van der Waals surface area contributed by atoms with Crippen molar-refractivity contribution in [3.8, 4) is 0 Å². The molecule has 1 fully saturated rings. The van der Waals surface area contributed by atoms with Crippen molar-refractivity contribution in [3.05, 3.63) is 65.0 Å². The van der Waals surface area contributed by atoms with Gasteiger partial charge in [0.1, 0.15) is 0 Å². The van der Waals surface area contributed by atoms with Crippen LogP contribution in [0.2, 0.25) is 0 Å². The second kappa shape index (κ2) is 7.51. The molecule has 4 rings (SSSR count). The van der Waals surface area contributed by atoms with Crippen molar-refractivity contribution in [2.75, 3.05) is 19.6 Å². The van der Waals surface area contributed by atoms with Gasteiger partial charge in [-0.1, -0.05) is 31.2 Å². The Balaban J connectivity index is 1.50. The van der Waals surface area contributed by atoms with Gasteiger partial charge in [-0.15, -0.1) is 0 Å². The first-order valence-electron chi connectivity index (χ1n) is 9.72. The van der Waals surface area contributed by atoms with E-state index in [0.29, 0.717) is 30.1 Å². The van der Waals surface area contributed by atoms with E-state index in [2.05, 4.69) is 24.0 Å². The van der Waals surface area contributed by atoms with E-state index in [1.807, 2.05) is 21.9 Å². The Morgan fingerprint density at radius 2 is 1.70 bits per heavy atom. The lowest BCUT2D eigenvalue weighted by atomic mass is 9.99. The second-order valence-electron chi connectivity index (χ2n) is 7.71. The van der Waals surface area contributed by atoms with Crippen LogP contribution in [0, 0.1) is 5.92 Å². The molecule has 140 valence electrons. The SMILES string of the molecule is CC1CCCN(C(=O)c2cncc(C(=O)N3CCc4ccccc4C3)c2)C1. The highest BCUT2D eigenvalue weighted by molar-refractivity contribution is 5.99. The van der Waals surface area contributed by atoms with Crippen LogP contribution in [0.15, 0.2) is 42.7 Å². The Morgan fingerprint density at radius 3 is 2.44 bits per heavy atom. The lowest BCUT2D eigenvalue weighted by molar-refractivity contribution is 0.0682. The standard InChI is InChI=1S/C22H25N3O2/c1-16-5-4-9-24(14-16)21(26)19-11-20(13-23-12-19)22(27)25-10-8-17-6-2-3-7-18(17)15-25/h2-3,6-7,11-13,16H,4-5,8-10,14-15H2,1H3. The number of piperidine rings is 1. The van der Waals surface area contributed by atoms with Crippen molar-refractivity contribution in [2.24, 2.45) is 5.92 Å². The fourth-order valence-electron chi connectivity index (χ4n) is 4.08. The molecular formula is C22H25N3O2. The molecule has 1 unspecified atom stereocenters. The molecule has 0 N–H and O–H groups in total. The molecule has 2 aliphatic rings. The number of rotatable bonds is 2. The maximum absolute atomic E-state index is 13.0. The zero-order valence-corrected chi connectivity index (χ0v) is 15.7. The average molecular weight is 363 g/mol. The minimum atomic E-state index is -0.0568. The number of likely N-dealkylation sites (tertiary alicyclic amines) is 1. The van der Waals surface area contributed by atoms with Gasteiger partial charge >= 0.3 is 0 Å². The molecule has 27 heavy (non-hydrogen) atoms. The van der Waals surface area contributed by atoms with Crippen molar-refractivity contribution in [2.45, 2.75) is 32.7 Å². The van der Waals surface area contributed by atoms with E-state index >= 15 is 0 Å². The summed E-state index contributed by atoms with van der Waals surface area (Å²) in [6.45, 7) is 5.03. The summed E-state index contributed by atoms with van der Waals surface area (Å²) in [5, 5.41) is 0. The third-order valence-corrected chi connectivity index (χ3v) is 5.59. The van der Waals surface area contributed by atoms with Crippen LogP contribution in [-0.2, 0) is 13.0 Å². The van der Waals surface area contributed by atoms with Gasteiger partial charge in [-0.2, -0.15) is 0 Å². The second-order valence-corrected chi connectivity index (χ2v) is 7.71. The monoisotopic (exact) mass is 363 g/mol. The summed E-state index contributed by atoms with van der Waals surface area (Å²) >= 11 is 0. The van der Waals surface area contributed by atoms with Gasteiger partial charge in [-0.05, 0) is 42.4 Å². The number of aromatic nitrogens is 1. The summed E-state index contributed by atoms with van der Waals surface area (Å²) in [7, 11) is 0. The van der Waals surface area contributed by atoms with E-state index in [0.717, 1.165) is 32.4 Å². The van der Waals surface area contributed by atoms with Crippen LogP contribution >= 0.6 is 0 Å². The maximum Gasteiger partial charge on any atom is 0.255 e. The molecular weight excluding hydrogens is 338 g/mol. The van der Waals surface area contributed by atoms with Crippen LogP contribution in [0.4, 0.5) is 0 Å². The molecule has 2 aromatic rings. The first-order valence-corrected chi connectivity index (χ1v) is 9.72. The Morgan fingerprint density at radius 1 is 1.00 bits per heavy atom. The van der Waals surface area contributed by atoms with Crippen molar-refractivity contribution in [3.63, 3.8) is 0 Å². The molecule has 0 spiro atoms. The Bertz CT molecular complexity index is 864. The van der Waals surface area contributed by atoms with E-state index in [4.69, 9.17) is 0 Å². The summed E-state index contributed by atoms with van der Waals surface area (Å²) in [4.78, 5) is 33.7. The number of benzene rings is 1. The molecule has 3 heterocycles. The zero-order chi connectivity index (χ0) is 18.8. The molecule has 0 saturated carbocycles. The minimum Gasteiger partial charge on any atom is -0.338 e. The fourth-order valence-corrected chi connectivity index (χ4v) is 4.08. The number of pyridine rings is 1. The van der Waals surface area contributed by atoms with Crippen LogP contribution in [-0.4, -0.2) is 46.2 Å². The minimum absolute atomic E-state index is 0.0207. The third-order valence-electron chi connectivity index (χ3n) is 5.59. The van der Waals surface area contributed by atoms with Gasteiger partial charge in [0, 0.05) is 38.6 Å². The van der Waals surface area contributed by atoms with Gasteiger partial charge in [0.15, 0.2) is 0 Å². The van der Waals surface area contributed by atoms with Gasteiger partial charge in [-0.25, -0.2) is 0 Å². The molecule has 2 aliphatic heterocycles. The quantitative estimate of drug-likeness (QED) is 0.824. The van der Waals surface area contributed by atoms with Crippen LogP contribution in [0.3, 0.4) is 0 Å². The Hall–Kier alpha value is -2.69. The molecule has 1 atom stereocenters. The zero-order valence-electron chi connectivity index (χ0n) is 15.7. The fraction of sp³-hybridized carbons (Fsp3) is 0.409. The molecule has 5 heteroatoms. The topological polar surface area (TPSA) is 53.5 Å². The summed E-state index contributed by atoms with van der Waals surface area (Å²) in [5.41, 5.74) is 3.50. The third kappa shape index (κ3) is 3.72. The average Bonchev–Trinajstić information content (AvgIpc) is 2.72. The van der Waals surface area contributed by atoms with E-state index in [-0.39, 0.29) is 11.8 Å². The maximum atomic E-state index is 13.0. The number of nitrogens with zero attached hydrogens (tertiary/aromatic N) is 3. The number of amides is 2. The predicted molar refractivity (Wildman–Crippen MR) is 103 cm³/mol. The van der Waals surface area contributed by atoms with E-state index in [1.54, 1.807) is 18.5 Å². The van der Waals surface area contributed by atoms with Gasteiger partial charge in [0.05, 0.1) is 11.1 Å². The molecule has 1 aromatic carbocycles. The number of fused-ring (bicyclic) bond motifs is 1. The Kier molecular flexibility index (Phi) is 4.92. The van der Waals surface area contributed by atoms with Crippen LogP contribution in [0.1, 0.15) is 51.6 Å². The first-order chi connectivity index (χ1) is 13.1. The van der Waals surface area contributed by atoms with Crippen molar-refractivity contribution in [1.82, 2.24) is 14.8 Å². The summed E-state index contributed by atoms with van der Waals surface area (Å²) in [6.07, 6.45) is 6.20. The molecule has 2 amide bonds. The summed E-state index contributed by atoms with van der Waals surface area (Å²) in [6, 6.07) is 9.95. The Labute approximate surface area is 160 Å². The summed E-state index contributed by atoms with van der Waals surface area (Å²) in [5.74, 6) is 0.445. The highest BCUT2D eigenvalue weighted by Crippen LogP contribution is 2.21. The highest BCUT2D eigenvalue weighted by atomic mass is 16.2. The van der Waals surface area contributed by atoms with Gasteiger partial charge in [-0.3, -0.25) is 14.6 Å². The first kappa shape index (κ1) is 17.7. The van der Waals surface area contributed by atoms with E-state index in [1.165, 1.54) is 11.1 Å². The lowest BCUT2D eigenvalue weighted by Gasteiger charge is -2.31. The molecule has 1 aromatic heterocycles. The summed E-state index contributed by atoms with van der Waals surface area (Å²) < 4.78 is 0. The lowest BCUT2D eigenvalue weighted by Crippen LogP contribution is -2.39. The molecule has 0 bridgehead atoms. The van der Waals surface area contributed by atoms with Gasteiger partial charge in [0.2, 0.25) is 0 Å². The predicted octanol–water partition coefficient (Wildman–Crippen LogP) is 3.15. The van der Waals surface area contributed by atoms with Gasteiger partial charge < -0.3 is 9.80 Å². The number of carbonyl (C=O) groups excluding carboxylic acids is 2. The van der Waals surface area contributed by atoms with Crippen molar-refractivity contribution >= 4 is 11.8 Å². The van der Waals surface area contributed by atoms with Crippen LogP contribution in [0.25, 0.3) is 0 Å². The molecule has 0 aliphatic carbocycles. The highest BCUT2D eigenvalue weighted by Gasteiger charge is 2.25. The number of carbonyl (C=O) groups is 2. The molecule has 5 nitrogen and oxygen atoms in total. The normalized spacial score (nSPS) is 19.5. The van der Waals surface area contributed by atoms with E-state index < -0.39 is 0 Å². The van der Waals surface area contributed by atoms with Crippen molar-refractivity contribution < 1.29 is 9.59 Å².